The van der Waals surface area contributed by atoms with Gasteiger partial charge in [0, 0.05) is 77.0 Å². The van der Waals surface area contributed by atoms with Crippen LogP contribution in [-0.4, -0.2) is 83.9 Å². The SMILES string of the molecule is CC1CN(c2ccc(C#N)c3nccnc23)CC(CN2CCN(c3cc4c(cn3)CN[C@@H](C)C4)CC2)O1. The molecule has 6 rings (SSSR count). The molecule has 3 atom stereocenters. The first-order valence-electron chi connectivity index (χ1n) is 13.3. The summed E-state index contributed by atoms with van der Waals surface area (Å²) in [5.74, 6) is 1.11. The van der Waals surface area contributed by atoms with Gasteiger partial charge in [-0.05, 0) is 49.6 Å². The van der Waals surface area contributed by atoms with Crippen molar-refractivity contribution in [1.29, 1.82) is 5.26 Å². The first-order chi connectivity index (χ1) is 18.1. The smallest absolute Gasteiger partial charge is 0.128 e. The number of anilines is 2. The van der Waals surface area contributed by atoms with E-state index in [-0.39, 0.29) is 12.2 Å². The Hall–Kier alpha value is -3.32. The second kappa shape index (κ2) is 10.2. The fourth-order valence-corrected chi connectivity index (χ4v) is 5.90. The van der Waals surface area contributed by atoms with Gasteiger partial charge in [-0.1, -0.05) is 0 Å². The Bertz CT molecular complexity index is 1320. The van der Waals surface area contributed by atoms with Crippen LogP contribution in [-0.2, 0) is 17.7 Å². The predicted octanol–water partition coefficient (Wildman–Crippen LogP) is 2.35. The number of hydrogen-bond donors (Lipinski definition) is 1. The summed E-state index contributed by atoms with van der Waals surface area (Å²) in [6, 6.07) is 8.92. The molecule has 37 heavy (non-hydrogen) atoms. The molecule has 0 spiro atoms. The molecule has 0 saturated carbocycles. The van der Waals surface area contributed by atoms with Crippen LogP contribution >= 0.6 is 0 Å². The minimum atomic E-state index is 0.105. The number of benzene rings is 1. The van der Waals surface area contributed by atoms with E-state index < -0.39 is 0 Å². The highest BCUT2D eigenvalue weighted by molar-refractivity contribution is 5.92. The standard InChI is InChI=1S/C28H34N8O/c1-19-11-22-12-26(33-15-23(22)14-32-19)35-9-7-34(8-10-35)17-24-18-36(16-20(2)37-24)25-4-3-21(13-29)27-28(25)31-6-5-30-27/h3-6,12,15,19-20,24,32H,7-11,14,16-18H2,1-2H3/t19-,20?,24?/m0/s1. The molecule has 0 radical (unpaired) electrons. The van der Waals surface area contributed by atoms with Crippen molar-refractivity contribution in [2.45, 2.75) is 45.1 Å². The fourth-order valence-electron chi connectivity index (χ4n) is 5.90. The Balaban J connectivity index is 1.10. The third-order valence-corrected chi connectivity index (χ3v) is 7.78. The molecule has 2 fully saturated rings. The summed E-state index contributed by atoms with van der Waals surface area (Å²) in [5, 5.41) is 13.0. The number of morpholine rings is 1. The average molecular weight is 499 g/mol. The second-order valence-electron chi connectivity index (χ2n) is 10.6. The fraction of sp³-hybridized carbons (Fsp3) is 0.500. The highest BCUT2D eigenvalue weighted by atomic mass is 16.5. The van der Waals surface area contributed by atoms with Gasteiger partial charge in [0.05, 0.1) is 23.5 Å². The molecule has 3 aliphatic heterocycles. The molecule has 1 aromatic carbocycles. The Morgan fingerprint density at radius 1 is 1.00 bits per heavy atom. The van der Waals surface area contributed by atoms with E-state index >= 15 is 0 Å². The molecule has 3 aromatic rings. The second-order valence-corrected chi connectivity index (χ2v) is 10.6. The lowest BCUT2D eigenvalue weighted by Gasteiger charge is -2.42. The van der Waals surface area contributed by atoms with Crippen molar-refractivity contribution in [3.63, 3.8) is 0 Å². The zero-order valence-electron chi connectivity index (χ0n) is 21.6. The maximum absolute atomic E-state index is 9.49. The van der Waals surface area contributed by atoms with E-state index in [9.17, 15) is 5.26 Å². The lowest BCUT2D eigenvalue weighted by molar-refractivity contribution is -0.0327. The molecule has 0 aliphatic carbocycles. The molecule has 192 valence electrons. The van der Waals surface area contributed by atoms with Gasteiger partial charge in [-0.3, -0.25) is 14.9 Å². The highest BCUT2D eigenvalue weighted by Crippen LogP contribution is 2.29. The number of fused-ring (bicyclic) bond motifs is 2. The van der Waals surface area contributed by atoms with Crippen LogP contribution < -0.4 is 15.1 Å². The number of nitriles is 1. The molecule has 0 bridgehead atoms. The number of nitrogens with one attached hydrogen (secondary N) is 1. The van der Waals surface area contributed by atoms with Crippen LogP contribution in [0.2, 0.25) is 0 Å². The summed E-state index contributed by atoms with van der Waals surface area (Å²) in [6.07, 6.45) is 6.68. The summed E-state index contributed by atoms with van der Waals surface area (Å²) in [5.41, 5.74) is 5.79. The number of pyridine rings is 1. The minimum absolute atomic E-state index is 0.105. The summed E-state index contributed by atoms with van der Waals surface area (Å²) in [4.78, 5) is 21.1. The van der Waals surface area contributed by atoms with E-state index in [0.717, 1.165) is 75.8 Å². The van der Waals surface area contributed by atoms with Gasteiger partial charge in [0.2, 0.25) is 0 Å². The summed E-state index contributed by atoms with van der Waals surface area (Å²) < 4.78 is 6.38. The number of aromatic nitrogens is 3. The minimum Gasteiger partial charge on any atom is -0.370 e. The molecule has 9 nitrogen and oxygen atoms in total. The van der Waals surface area contributed by atoms with Crippen LogP contribution in [0, 0.1) is 11.3 Å². The van der Waals surface area contributed by atoms with Crippen molar-refractivity contribution in [1.82, 2.24) is 25.2 Å². The molecule has 9 heteroatoms. The summed E-state index contributed by atoms with van der Waals surface area (Å²) in [6.45, 7) is 11.7. The van der Waals surface area contributed by atoms with Crippen LogP contribution in [0.5, 0.6) is 0 Å². The van der Waals surface area contributed by atoms with Gasteiger partial charge in [-0.15, -0.1) is 0 Å². The molecular weight excluding hydrogens is 464 g/mol. The largest absolute Gasteiger partial charge is 0.370 e. The maximum Gasteiger partial charge on any atom is 0.128 e. The Labute approximate surface area is 218 Å². The normalized spacial score (nSPS) is 24.6. The Morgan fingerprint density at radius 3 is 2.62 bits per heavy atom. The first kappa shape index (κ1) is 24.0. The van der Waals surface area contributed by atoms with Crippen LogP contribution in [0.3, 0.4) is 0 Å². The van der Waals surface area contributed by atoms with E-state index in [4.69, 9.17) is 9.72 Å². The molecule has 0 amide bonds. The Morgan fingerprint density at radius 2 is 1.81 bits per heavy atom. The van der Waals surface area contributed by atoms with Gasteiger partial charge >= 0.3 is 0 Å². The number of hydrogen-bond acceptors (Lipinski definition) is 9. The van der Waals surface area contributed by atoms with Gasteiger partial charge in [0.15, 0.2) is 0 Å². The van der Waals surface area contributed by atoms with E-state index in [0.29, 0.717) is 17.1 Å². The Kier molecular flexibility index (Phi) is 6.63. The van der Waals surface area contributed by atoms with Gasteiger partial charge in [0.1, 0.15) is 22.9 Å². The van der Waals surface area contributed by atoms with E-state index in [1.54, 1.807) is 12.4 Å². The van der Waals surface area contributed by atoms with Crippen LogP contribution in [0.1, 0.15) is 30.5 Å². The van der Waals surface area contributed by atoms with Crippen LogP contribution in [0.4, 0.5) is 11.5 Å². The maximum atomic E-state index is 9.49. The number of piperazine rings is 1. The van der Waals surface area contributed by atoms with E-state index in [2.05, 4.69) is 62.2 Å². The topological polar surface area (TPSA) is 93.4 Å². The first-order valence-corrected chi connectivity index (χ1v) is 13.3. The number of ether oxygens (including phenoxy) is 1. The van der Waals surface area contributed by atoms with Gasteiger partial charge in [-0.25, -0.2) is 4.98 Å². The van der Waals surface area contributed by atoms with Gasteiger partial charge in [-0.2, -0.15) is 5.26 Å². The predicted molar refractivity (Wildman–Crippen MR) is 144 cm³/mol. The molecule has 2 unspecified atom stereocenters. The lowest BCUT2D eigenvalue weighted by Crippen LogP contribution is -2.54. The summed E-state index contributed by atoms with van der Waals surface area (Å²) in [7, 11) is 0. The van der Waals surface area contributed by atoms with Crippen molar-refractivity contribution in [2.75, 3.05) is 55.6 Å². The lowest BCUT2D eigenvalue weighted by atomic mass is 9.98. The third-order valence-electron chi connectivity index (χ3n) is 7.78. The molecule has 5 heterocycles. The molecular formula is C28H34N8O. The molecule has 1 N–H and O–H groups in total. The van der Waals surface area contributed by atoms with Crippen molar-refractivity contribution < 1.29 is 4.74 Å². The zero-order valence-corrected chi connectivity index (χ0v) is 21.6. The number of rotatable bonds is 4. The van der Waals surface area contributed by atoms with Crippen molar-refractivity contribution >= 4 is 22.5 Å². The van der Waals surface area contributed by atoms with Crippen LogP contribution in [0.25, 0.3) is 11.0 Å². The van der Waals surface area contributed by atoms with Crippen molar-refractivity contribution in [3.8, 4) is 6.07 Å². The van der Waals surface area contributed by atoms with E-state index in [1.165, 1.54) is 11.1 Å². The quantitative estimate of drug-likeness (QED) is 0.582. The average Bonchev–Trinajstić information content (AvgIpc) is 2.92. The monoisotopic (exact) mass is 498 g/mol. The number of nitrogens with zero attached hydrogens (tertiary/aromatic N) is 7. The van der Waals surface area contributed by atoms with Crippen molar-refractivity contribution in [3.05, 3.63) is 53.5 Å². The van der Waals surface area contributed by atoms with Crippen LogP contribution in [0.15, 0.2) is 36.8 Å². The highest BCUT2D eigenvalue weighted by Gasteiger charge is 2.30. The molecule has 3 aliphatic rings. The summed E-state index contributed by atoms with van der Waals surface area (Å²) >= 11 is 0. The van der Waals surface area contributed by atoms with E-state index in [1.807, 2.05) is 12.1 Å². The van der Waals surface area contributed by atoms with Gasteiger partial charge in [0.25, 0.3) is 0 Å². The third kappa shape index (κ3) is 4.97. The van der Waals surface area contributed by atoms with Gasteiger partial charge < -0.3 is 19.9 Å². The zero-order chi connectivity index (χ0) is 25.4. The van der Waals surface area contributed by atoms with Crippen molar-refractivity contribution in [2.24, 2.45) is 0 Å². The molecule has 2 aromatic heterocycles. The molecule has 2 saturated heterocycles.